The number of carbonyl (C=O) groups excluding carboxylic acids is 1. The van der Waals surface area contributed by atoms with Crippen molar-refractivity contribution in [2.24, 2.45) is 17.8 Å². The van der Waals surface area contributed by atoms with Crippen molar-refractivity contribution in [2.45, 2.75) is 50.3 Å². The molecule has 0 aromatic heterocycles. The molecule has 0 radical (unpaired) electrons. The minimum absolute atomic E-state index is 0.0562. The summed E-state index contributed by atoms with van der Waals surface area (Å²) >= 11 is 0. The van der Waals surface area contributed by atoms with E-state index in [0.717, 1.165) is 12.8 Å². The molecule has 1 saturated heterocycles. The molecule has 0 aromatic rings. The summed E-state index contributed by atoms with van der Waals surface area (Å²) in [5, 5.41) is 10.2. The Morgan fingerprint density at radius 2 is 1.60 bits per heavy atom. The Morgan fingerprint density at radius 3 is 2.05 bits per heavy atom. The van der Waals surface area contributed by atoms with Crippen molar-refractivity contribution in [1.29, 1.82) is 0 Å². The third kappa shape index (κ3) is 2.54. The van der Waals surface area contributed by atoms with Gasteiger partial charge in [0, 0.05) is 5.92 Å². The fraction of sp³-hybridized carbons (Fsp3) is 0.929. The monoisotopic (exact) mass is 291 g/mol. The number of hydrogen-bond acceptors (Lipinski definition) is 2. The number of rotatable bonds is 2. The summed E-state index contributed by atoms with van der Waals surface area (Å²) in [6.07, 6.45) is -1.33. The molecule has 2 saturated carbocycles. The molecule has 0 aromatic carbocycles. The molecule has 114 valence electrons. The zero-order valence-corrected chi connectivity index (χ0v) is 11.3. The van der Waals surface area contributed by atoms with E-state index in [1.807, 2.05) is 0 Å². The summed E-state index contributed by atoms with van der Waals surface area (Å²) < 4.78 is 37.7. The van der Waals surface area contributed by atoms with E-state index in [4.69, 9.17) is 0 Å². The highest BCUT2D eigenvalue weighted by Crippen LogP contribution is 2.46. The van der Waals surface area contributed by atoms with Crippen molar-refractivity contribution in [3.63, 3.8) is 0 Å². The van der Waals surface area contributed by atoms with Crippen LogP contribution in [0.5, 0.6) is 0 Å². The quantitative estimate of drug-likeness (QED) is 0.848. The first-order valence-corrected chi connectivity index (χ1v) is 7.37. The van der Waals surface area contributed by atoms with Crippen LogP contribution in [0, 0.1) is 17.8 Å². The maximum Gasteiger partial charge on any atom is 0.391 e. The molecule has 20 heavy (non-hydrogen) atoms. The smallest absolute Gasteiger partial charge is 0.386 e. The van der Waals surface area contributed by atoms with Gasteiger partial charge in [-0.1, -0.05) is 0 Å². The van der Waals surface area contributed by atoms with Gasteiger partial charge in [-0.25, -0.2) is 0 Å². The lowest BCUT2D eigenvalue weighted by atomic mass is 9.79. The van der Waals surface area contributed by atoms with Crippen LogP contribution in [0.4, 0.5) is 13.2 Å². The van der Waals surface area contributed by atoms with Gasteiger partial charge in [-0.2, -0.15) is 13.2 Å². The number of likely N-dealkylation sites (tertiary alicyclic amines) is 1. The lowest BCUT2D eigenvalue weighted by molar-refractivity contribution is -0.188. The van der Waals surface area contributed by atoms with Gasteiger partial charge in [0.25, 0.3) is 0 Å². The second kappa shape index (κ2) is 4.61. The molecule has 1 amide bonds. The normalized spacial score (nSPS) is 33.7. The van der Waals surface area contributed by atoms with Crippen LogP contribution in [0.25, 0.3) is 0 Å². The minimum atomic E-state index is -4.13. The summed E-state index contributed by atoms with van der Waals surface area (Å²) in [5.74, 6) is -1.26. The molecular weight excluding hydrogens is 271 g/mol. The van der Waals surface area contributed by atoms with Crippen LogP contribution >= 0.6 is 0 Å². The Labute approximate surface area is 116 Å². The molecule has 0 bridgehead atoms. The van der Waals surface area contributed by atoms with Crippen molar-refractivity contribution in [3.8, 4) is 0 Å². The van der Waals surface area contributed by atoms with E-state index in [9.17, 15) is 23.1 Å². The Kier molecular flexibility index (Phi) is 3.27. The Hall–Kier alpha value is -0.780. The second-order valence-corrected chi connectivity index (χ2v) is 6.66. The SMILES string of the molecule is O=C(C1CCC(C(F)(F)F)CC1)N1CC(O)(C2CC2)C1. The average Bonchev–Trinajstić information content (AvgIpc) is 3.18. The summed E-state index contributed by atoms with van der Waals surface area (Å²) in [4.78, 5) is 13.8. The first kappa shape index (κ1) is 14.2. The summed E-state index contributed by atoms with van der Waals surface area (Å²) in [5.41, 5.74) is -0.709. The van der Waals surface area contributed by atoms with Crippen molar-refractivity contribution < 1.29 is 23.1 Å². The van der Waals surface area contributed by atoms with Gasteiger partial charge in [0.05, 0.1) is 19.0 Å². The third-order valence-electron chi connectivity index (χ3n) is 5.12. The number of carbonyl (C=O) groups is 1. The maximum absolute atomic E-state index is 12.6. The summed E-state index contributed by atoms with van der Waals surface area (Å²) in [6.45, 7) is 0.741. The number of β-amino-alcohol motifs (C(OH)–C–C–N with tert-alkyl or cyclic N) is 1. The fourth-order valence-electron chi connectivity index (χ4n) is 3.58. The highest BCUT2D eigenvalue weighted by Gasteiger charge is 2.54. The van der Waals surface area contributed by atoms with Crippen molar-refractivity contribution >= 4 is 5.91 Å². The minimum Gasteiger partial charge on any atom is -0.386 e. The van der Waals surface area contributed by atoms with Crippen LogP contribution < -0.4 is 0 Å². The number of halogens is 3. The predicted octanol–water partition coefficient (Wildman–Crippen LogP) is 2.34. The molecule has 3 rings (SSSR count). The number of alkyl halides is 3. The topological polar surface area (TPSA) is 40.5 Å². The molecule has 3 fully saturated rings. The zero-order chi connectivity index (χ0) is 14.5. The average molecular weight is 291 g/mol. The van der Waals surface area contributed by atoms with Gasteiger partial charge in [0.1, 0.15) is 5.60 Å². The molecule has 3 aliphatic rings. The highest BCUT2D eigenvalue weighted by molar-refractivity contribution is 5.80. The summed E-state index contributed by atoms with van der Waals surface area (Å²) in [6, 6.07) is 0. The van der Waals surface area contributed by atoms with E-state index < -0.39 is 17.7 Å². The second-order valence-electron chi connectivity index (χ2n) is 6.66. The van der Waals surface area contributed by atoms with E-state index in [1.165, 1.54) is 0 Å². The van der Waals surface area contributed by atoms with E-state index in [2.05, 4.69) is 0 Å². The fourth-order valence-corrected chi connectivity index (χ4v) is 3.58. The number of aliphatic hydroxyl groups is 1. The Morgan fingerprint density at radius 1 is 1.05 bits per heavy atom. The molecule has 1 aliphatic heterocycles. The van der Waals surface area contributed by atoms with E-state index in [1.54, 1.807) is 4.90 Å². The first-order valence-electron chi connectivity index (χ1n) is 7.37. The van der Waals surface area contributed by atoms with Crippen LogP contribution in [0.15, 0.2) is 0 Å². The lowest BCUT2D eigenvalue weighted by Gasteiger charge is -2.48. The van der Waals surface area contributed by atoms with Gasteiger partial charge >= 0.3 is 6.18 Å². The van der Waals surface area contributed by atoms with Crippen LogP contribution in [-0.2, 0) is 4.79 Å². The van der Waals surface area contributed by atoms with Crippen LogP contribution in [0.2, 0.25) is 0 Å². The van der Waals surface area contributed by atoms with E-state index in [-0.39, 0.29) is 24.7 Å². The highest BCUT2D eigenvalue weighted by atomic mass is 19.4. The standard InChI is InChI=1S/C14H20F3NO2/c15-14(16,17)11-3-1-9(2-4-11)12(19)18-7-13(20,8-18)10-5-6-10/h9-11,20H,1-8H2. The number of amides is 1. The van der Waals surface area contributed by atoms with Gasteiger partial charge in [0.15, 0.2) is 0 Å². The van der Waals surface area contributed by atoms with E-state index >= 15 is 0 Å². The third-order valence-corrected chi connectivity index (χ3v) is 5.12. The Bertz CT molecular complexity index is 392. The summed E-state index contributed by atoms with van der Waals surface area (Å²) in [7, 11) is 0. The molecule has 1 N–H and O–H groups in total. The van der Waals surface area contributed by atoms with Gasteiger partial charge < -0.3 is 10.0 Å². The number of nitrogens with zero attached hydrogens (tertiary/aromatic N) is 1. The molecule has 0 atom stereocenters. The van der Waals surface area contributed by atoms with Crippen LogP contribution in [-0.4, -0.2) is 40.8 Å². The van der Waals surface area contributed by atoms with Crippen LogP contribution in [0.3, 0.4) is 0 Å². The van der Waals surface area contributed by atoms with E-state index in [0.29, 0.717) is 31.8 Å². The molecule has 2 aliphatic carbocycles. The molecule has 6 heteroatoms. The Balaban J connectivity index is 1.48. The van der Waals surface area contributed by atoms with Crippen molar-refractivity contribution in [1.82, 2.24) is 4.90 Å². The molecular formula is C14H20F3NO2. The zero-order valence-electron chi connectivity index (χ0n) is 11.3. The largest absolute Gasteiger partial charge is 0.391 e. The van der Waals surface area contributed by atoms with Gasteiger partial charge in [-0.15, -0.1) is 0 Å². The first-order chi connectivity index (χ1) is 9.29. The lowest BCUT2D eigenvalue weighted by Crippen LogP contribution is -2.65. The molecule has 3 nitrogen and oxygen atoms in total. The molecule has 0 spiro atoms. The van der Waals surface area contributed by atoms with Gasteiger partial charge in [-0.05, 0) is 44.4 Å². The predicted molar refractivity (Wildman–Crippen MR) is 65.8 cm³/mol. The maximum atomic E-state index is 12.6. The van der Waals surface area contributed by atoms with Gasteiger partial charge in [-0.3, -0.25) is 4.79 Å². The van der Waals surface area contributed by atoms with Crippen molar-refractivity contribution in [2.75, 3.05) is 13.1 Å². The van der Waals surface area contributed by atoms with Gasteiger partial charge in [0.2, 0.25) is 5.91 Å². The number of hydrogen-bond donors (Lipinski definition) is 1. The molecule has 1 heterocycles. The van der Waals surface area contributed by atoms with Crippen molar-refractivity contribution in [3.05, 3.63) is 0 Å². The van der Waals surface area contributed by atoms with Crippen LogP contribution in [0.1, 0.15) is 38.5 Å². The molecule has 0 unspecified atom stereocenters.